The highest BCUT2D eigenvalue weighted by Crippen LogP contribution is 2.01. The zero-order chi connectivity index (χ0) is 7.82. The van der Waals surface area contributed by atoms with Crippen LogP contribution in [-0.2, 0) is 0 Å². The molecule has 0 saturated heterocycles. The van der Waals surface area contributed by atoms with Crippen molar-refractivity contribution in [3.63, 3.8) is 0 Å². The van der Waals surface area contributed by atoms with Gasteiger partial charge in [0.25, 0.3) is 0 Å². The van der Waals surface area contributed by atoms with Crippen molar-refractivity contribution in [1.82, 2.24) is 5.32 Å². The molecule has 0 aromatic rings. The van der Waals surface area contributed by atoms with Crippen molar-refractivity contribution in [2.45, 2.75) is 33.6 Å². The topological polar surface area (TPSA) is 12.0 Å². The molecule has 0 radical (unpaired) electrons. The normalized spacial score (nSPS) is 12.1. The Morgan fingerprint density at radius 1 is 1.50 bits per heavy atom. The molecule has 10 heavy (non-hydrogen) atoms. The molecule has 0 unspecified atom stereocenters. The molecule has 0 spiro atoms. The third-order valence-electron chi connectivity index (χ3n) is 1.67. The van der Waals surface area contributed by atoms with E-state index in [4.69, 9.17) is 0 Å². The molecule has 0 aliphatic heterocycles. The highest BCUT2D eigenvalue weighted by Gasteiger charge is 1.87. The number of nitrogens with one attached hydrogen (secondary N) is 1. The van der Waals surface area contributed by atoms with E-state index in [0.29, 0.717) is 0 Å². The second-order valence-electron chi connectivity index (χ2n) is 2.59. The summed E-state index contributed by atoms with van der Waals surface area (Å²) in [6.07, 6.45) is 4.69. The first kappa shape index (κ1) is 9.70. The Hall–Kier alpha value is -0.300. The fourth-order valence-electron chi connectivity index (χ4n) is 0.813. The van der Waals surface area contributed by atoms with E-state index < -0.39 is 0 Å². The maximum atomic E-state index is 3.30. The largest absolute Gasteiger partial charge is 0.317 e. The van der Waals surface area contributed by atoms with Crippen LogP contribution < -0.4 is 5.32 Å². The van der Waals surface area contributed by atoms with Gasteiger partial charge in [-0.2, -0.15) is 0 Å². The third-order valence-corrected chi connectivity index (χ3v) is 1.67. The van der Waals surface area contributed by atoms with Crippen LogP contribution in [0, 0.1) is 0 Å². The van der Waals surface area contributed by atoms with Crippen LogP contribution in [0.15, 0.2) is 11.6 Å². The van der Waals surface area contributed by atoms with Gasteiger partial charge in [0.15, 0.2) is 0 Å². The van der Waals surface area contributed by atoms with Crippen molar-refractivity contribution in [2.24, 2.45) is 0 Å². The van der Waals surface area contributed by atoms with E-state index in [-0.39, 0.29) is 0 Å². The van der Waals surface area contributed by atoms with E-state index in [1.807, 2.05) is 0 Å². The van der Waals surface area contributed by atoms with Crippen LogP contribution in [0.3, 0.4) is 0 Å². The van der Waals surface area contributed by atoms with E-state index in [9.17, 15) is 0 Å². The van der Waals surface area contributed by atoms with Gasteiger partial charge in [0, 0.05) is 0 Å². The fraction of sp³-hybridized carbons (Fsp3) is 0.778. The molecule has 1 nitrogen and oxygen atoms in total. The van der Waals surface area contributed by atoms with E-state index in [2.05, 4.69) is 32.2 Å². The number of allylic oxidation sites excluding steroid dienone is 2. The summed E-state index contributed by atoms with van der Waals surface area (Å²) in [6.45, 7) is 8.67. The van der Waals surface area contributed by atoms with Crippen LogP contribution in [0.2, 0.25) is 0 Å². The van der Waals surface area contributed by atoms with Crippen LogP contribution in [0.25, 0.3) is 0 Å². The monoisotopic (exact) mass is 141 g/mol. The highest BCUT2D eigenvalue weighted by atomic mass is 14.8. The molecule has 1 heteroatoms. The van der Waals surface area contributed by atoms with E-state index >= 15 is 0 Å². The molecule has 0 saturated carbocycles. The summed E-state index contributed by atoms with van der Waals surface area (Å²) in [5.74, 6) is 0. The summed E-state index contributed by atoms with van der Waals surface area (Å²) < 4.78 is 0. The Morgan fingerprint density at radius 2 is 2.20 bits per heavy atom. The van der Waals surface area contributed by atoms with E-state index in [1.165, 1.54) is 18.4 Å². The van der Waals surface area contributed by atoms with Gasteiger partial charge in [-0.1, -0.05) is 18.6 Å². The van der Waals surface area contributed by atoms with Crippen molar-refractivity contribution in [3.05, 3.63) is 11.6 Å². The minimum absolute atomic E-state index is 1.09. The molecule has 0 fully saturated rings. The average molecular weight is 141 g/mol. The highest BCUT2D eigenvalue weighted by molar-refractivity contribution is 4.94. The van der Waals surface area contributed by atoms with Crippen molar-refractivity contribution in [3.8, 4) is 0 Å². The van der Waals surface area contributed by atoms with Crippen LogP contribution in [-0.4, -0.2) is 13.1 Å². The van der Waals surface area contributed by atoms with Crippen LogP contribution in [0.5, 0.6) is 0 Å². The summed E-state index contributed by atoms with van der Waals surface area (Å²) in [6, 6.07) is 0. The molecule has 0 heterocycles. The molecule has 0 bridgehead atoms. The quantitative estimate of drug-likeness (QED) is 0.458. The van der Waals surface area contributed by atoms with Gasteiger partial charge in [-0.15, -0.1) is 0 Å². The maximum Gasteiger partial charge on any atom is -0.00460 e. The first-order valence-electron chi connectivity index (χ1n) is 4.13. The first-order valence-corrected chi connectivity index (χ1v) is 4.13. The van der Waals surface area contributed by atoms with Crippen molar-refractivity contribution < 1.29 is 0 Å². The van der Waals surface area contributed by atoms with Gasteiger partial charge in [0.1, 0.15) is 0 Å². The second-order valence-corrected chi connectivity index (χ2v) is 2.59. The molecule has 0 atom stereocenters. The van der Waals surface area contributed by atoms with Gasteiger partial charge in [0.05, 0.1) is 0 Å². The minimum Gasteiger partial charge on any atom is -0.317 e. The molecule has 0 amide bonds. The number of hydrogen-bond donors (Lipinski definition) is 1. The van der Waals surface area contributed by atoms with Gasteiger partial charge < -0.3 is 5.32 Å². The standard InChI is InChI=1S/C9H19N/c1-4-9(3)7-6-8-10-5-2/h4,10H,5-8H2,1-3H3/b9-4-. The lowest BCUT2D eigenvalue weighted by Gasteiger charge is -2.00. The molecule has 60 valence electrons. The summed E-state index contributed by atoms with van der Waals surface area (Å²) in [5.41, 5.74) is 1.50. The van der Waals surface area contributed by atoms with Crippen LogP contribution >= 0.6 is 0 Å². The van der Waals surface area contributed by atoms with Crippen LogP contribution in [0.1, 0.15) is 33.6 Å². The molecule has 0 aromatic carbocycles. The van der Waals surface area contributed by atoms with E-state index in [1.54, 1.807) is 0 Å². The zero-order valence-corrected chi connectivity index (χ0v) is 7.41. The molecule has 1 N–H and O–H groups in total. The molecule has 0 aliphatic carbocycles. The van der Waals surface area contributed by atoms with Crippen molar-refractivity contribution in [1.29, 1.82) is 0 Å². The Kier molecular flexibility index (Phi) is 6.61. The first-order chi connectivity index (χ1) is 4.81. The lowest BCUT2D eigenvalue weighted by Crippen LogP contribution is -2.13. The molecular formula is C9H19N. The Bertz CT molecular complexity index is 94.9. The summed E-state index contributed by atoms with van der Waals surface area (Å²) >= 11 is 0. The Labute approximate surface area is 64.5 Å². The summed E-state index contributed by atoms with van der Waals surface area (Å²) in [7, 11) is 0. The minimum atomic E-state index is 1.09. The summed E-state index contributed by atoms with van der Waals surface area (Å²) in [4.78, 5) is 0. The average Bonchev–Trinajstić information content (AvgIpc) is 1.98. The van der Waals surface area contributed by atoms with Gasteiger partial charge in [-0.05, 0) is 39.8 Å². The predicted molar refractivity (Wildman–Crippen MR) is 47.2 cm³/mol. The van der Waals surface area contributed by atoms with Crippen molar-refractivity contribution >= 4 is 0 Å². The van der Waals surface area contributed by atoms with Crippen LogP contribution in [0.4, 0.5) is 0 Å². The van der Waals surface area contributed by atoms with Gasteiger partial charge in [0.2, 0.25) is 0 Å². The third kappa shape index (κ3) is 5.83. The van der Waals surface area contributed by atoms with E-state index in [0.717, 1.165) is 13.1 Å². The maximum absolute atomic E-state index is 3.30. The smallest absolute Gasteiger partial charge is 0.00460 e. The fourth-order valence-corrected chi connectivity index (χ4v) is 0.813. The number of hydrogen-bond acceptors (Lipinski definition) is 1. The Balaban J connectivity index is 3.04. The molecule has 0 aliphatic rings. The van der Waals surface area contributed by atoms with Gasteiger partial charge >= 0.3 is 0 Å². The predicted octanol–water partition coefficient (Wildman–Crippen LogP) is 2.34. The number of rotatable bonds is 5. The lowest BCUT2D eigenvalue weighted by atomic mass is 10.1. The van der Waals surface area contributed by atoms with Gasteiger partial charge in [-0.25, -0.2) is 0 Å². The molecule has 0 rings (SSSR count). The zero-order valence-electron chi connectivity index (χ0n) is 7.41. The molecular weight excluding hydrogens is 122 g/mol. The lowest BCUT2D eigenvalue weighted by molar-refractivity contribution is 0.670. The SMILES string of the molecule is C/C=C(/C)CCCNCC. The second kappa shape index (κ2) is 6.81. The van der Waals surface area contributed by atoms with Gasteiger partial charge in [-0.3, -0.25) is 0 Å². The molecule has 0 aromatic heterocycles. The Morgan fingerprint density at radius 3 is 2.70 bits per heavy atom. The van der Waals surface area contributed by atoms with Crippen molar-refractivity contribution in [2.75, 3.05) is 13.1 Å². The summed E-state index contributed by atoms with van der Waals surface area (Å²) in [5, 5.41) is 3.30.